The van der Waals surface area contributed by atoms with Crippen molar-refractivity contribution in [3.05, 3.63) is 72.2 Å². The van der Waals surface area contributed by atoms with Gasteiger partial charge in [-0.3, -0.25) is 9.59 Å². The first-order valence-electron chi connectivity index (χ1n) is 15.6. The van der Waals surface area contributed by atoms with Gasteiger partial charge in [-0.05, 0) is 63.4 Å². The van der Waals surface area contributed by atoms with Crippen molar-refractivity contribution in [3.8, 4) is 5.75 Å². The van der Waals surface area contributed by atoms with E-state index >= 15 is 0 Å². The van der Waals surface area contributed by atoms with E-state index in [1.54, 1.807) is 65.9 Å². The highest BCUT2D eigenvalue weighted by molar-refractivity contribution is 7.89. The molecule has 4 atom stereocenters. The number of nitrogens with one attached hydrogen (secondary N) is 1. The number of anilines is 1. The molecule has 2 amide bonds. The number of aryl methyl sites for hydroxylation is 1. The summed E-state index contributed by atoms with van der Waals surface area (Å²) in [6.07, 6.45) is 4.35. The summed E-state index contributed by atoms with van der Waals surface area (Å²) in [6, 6.07) is 13.2. The zero-order valence-corrected chi connectivity index (χ0v) is 27.9. The third-order valence-corrected chi connectivity index (χ3v) is 9.85. The molecule has 3 aromatic rings. The van der Waals surface area contributed by atoms with Crippen molar-refractivity contribution in [2.75, 3.05) is 38.7 Å². The number of hydrogen-bond donors (Lipinski definition) is 2. The zero-order chi connectivity index (χ0) is 33.4. The van der Waals surface area contributed by atoms with Crippen LogP contribution in [0.3, 0.4) is 0 Å². The highest BCUT2D eigenvalue weighted by Crippen LogP contribution is 2.29. The Kier molecular flexibility index (Phi) is 12.0. The van der Waals surface area contributed by atoms with Gasteiger partial charge in [0.15, 0.2) is 5.03 Å². The quantitative estimate of drug-likeness (QED) is 0.373. The Morgan fingerprint density at radius 2 is 1.91 bits per heavy atom. The fraction of sp³-hybridized carbons (Fsp3) is 0.485. The Morgan fingerprint density at radius 1 is 1.17 bits per heavy atom. The summed E-state index contributed by atoms with van der Waals surface area (Å²) < 4.78 is 41.9. The zero-order valence-electron chi connectivity index (χ0n) is 27.1. The van der Waals surface area contributed by atoms with E-state index in [1.807, 2.05) is 19.9 Å². The van der Waals surface area contributed by atoms with Gasteiger partial charge in [0.05, 0.1) is 36.7 Å². The fourth-order valence-corrected chi connectivity index (χ4v) is 6.43. The molecule has 0 saturated heterocycles. The molecule has 0 radical (unpaired) electrons. The maximum atomic E-state index is 14.3. The molecule has 13 heteroatoms. The molecule has 250 valence electrons. The van der Waals surface area contributed by atoms with Crippen LogP contribution in [0.1, 0.15) is 60.7 Å². The van der Waals surface area contributed by atoms with E-state index in [0.29, 0.717) is 30.0 Å². The largest absolute Gasteiger partial charge is 0.490 e. The Balaban J connectivity index is 1.65. The van der Waals surface area contributed by atoms with Gasteiger partial charge in [0.25, 0.3) is 21.8 Å². The van der Waals surface area contributed by atoms with E-state index in [9.17, 15) is 23.1 Å². The van der Waals surface area contributed by atoms with E-state index in [1.165, 1.54) is 23.9 Å². The third kappa shape index (κ3) is 8.72. The number of amides is 2. The van der Waals surface area contributed by atoms with Crippen molar-refractivity contribution in [3.63, 3.8) is 0 Å². The molecular weight excluding hydrogens is 610 g/mol. The molecule has 1 aliphatic rings. The van der Waals surface area contributed by atoms with E-state index in [2.05, 4.69) is 10.3 Å². The van der Waals surface area contributed by atoms with Crippen LogP contribution in [-0.2, 0) is 21.8 Å². The summed E-state index contributed by atoms with van der Waals surface area (Å²) >= 11 is 0. The molecule has 0 spiro atoms. The standard InChI is InChI=1S/C33H45N5O7S/c1-23-18-38(24(2)21-39)33(41)28-17-27(35-32(40)26-12-7-6-8-13-26)14-15-29(28)45-25(3)11-9-10-16-44-30(23)19-37(5)46(42,43)31-20-36(4)22-34-31/h6-8,12-15,17,20,22-25,30,39H,9-11,16,18-19,21H2,1-5H3,(H,35,40)/t23-,24-,25-,30+/m1/s1. The van der Waals surface area contributed by atoms with Crippen LogP contribution in [0, 0.1) is 5.92 Å². The minimum absolute atomic E-state index is 0.0430. The van der Waals surface area contributed by atoms with Crippen LogP contribution in [-0.4, -0.2) is 95.7 Å². The molecule has 0 fully saturated rings. The second-order valence-electron chi connectivity index (χ2n) is 12.0. The molecule has 1 aromatic heterocycles. The predicted octanol–water partition coefficient (Wildman–Crippen LogP) is 3.79. The third-order valence-electron chi connectivity index (χ3n) is 8.14. The van der Waals surface area contributed by atoms with Crippen molar-refractivity contribution in [1.82, 2.24) is 18.8 Å². The lowest BCUT2D eigenvalue weighted by atomic mass is 10.0. The van der Waals surface area contributed by atoms with Crippen LogP contribution in [0.15, 0.2) is 66.1 Å². The number of aromatic nitrogens is 2. The lowest BCUT2D eigenvalue weighted by molar-refractivity contribution is -0.00835. The van der Waals surface area contributed by atoms with Gasteiger partial charge in [-0.2, -0.15) is 4.31 Å². The first kappa shape index (κ1) is 35.1. The fourth-order valence-electron chi connectivity index (χ4n) is 5.29. The van der Waals surface area contributed by atoms with Crippen LogP contribution >= 0.6 is 0 Å². The van der Waals surface area contributed by atoms with Crippen molar-refractivity contribution in [2.45, 2.75) is 63.3 Å². The summed E-state index contributed by atoms with van der Waals surface area (Å²) in [5, 5.41) is 13.0. The first-order valence-corrected chi connectivity index (χ1v) is 17.0. The van der Waals surface area contributed by atoms with Gasteiger partial charge in [-0.25, -0.2) is 13.4 Å². The van der Waals surface area contributed by atoms with Crippen molar-refractivity contribution >= 4 is 27.5 Å². The Bertz CT molecular complexity index is 1580. The van der Waals surface area contributed by atoms with Gasteiger partial charge in [0.1, 0.15) is 5.75 Å². The second-order valence-corrected chi connectivity index (χ2v) is 14.0. The molecule has 0 saturated carbocycles. The summed E-state index contributed by atoms with van der Waals surface area (Å²) in [6.45, 7) is 5.89. The van der Waals surface area contributed by atoms with Gasteiger partial charge < -0.3 is 29.4 Å². The summed E-state index contributed by atoms with van der Waals surface area (Å²) in [5.41, 5.74) is 1.14. The average Bonchev–Trinajstić information content (AvgIpc) is 3.49. The average molecular weight is 656 g/mol. The highest BCUT2D eigenvalue weighted by atomic mass is 32.2. The van der Waals surface area contributed by atoms with Gasteiger partial charge >= 0.3 is 0 Å². The Hall–Kier alpha value is -3.78. The van der Waals surface area contributed by atoms with Crippen LogP contribution in [0.25, 0.3) is 0 Å². The molecule has 0 unspecified atom stereocenters. The smallest absolute Gasteiger partial charge is 0.261 e. The molecule has 4 rings (SSSR count). The Morgan fingerprint density at radius 3 is 2.59 bits per heavy atom. The number of hydrogen-bond acceptors (Lipinski definition) is 8. The number of sulfonamides is 1. The molecule has 2 heterocycles. The molecule has 1 aliphatic heterocycles. The number of fused-ring (bicyclic) bond motifs is 1. The summed E-state index contributed by atoms with van der Waals surface area (Å²) in [7, 11) is -0.687. The molecule has 46 heavy (non-hydrogen) atoms. The highest BCUT2D eigenvalue weighted by Gasteiger charge is 2.33. The van der Waals surface area contributed by atoms with Crippen molar-refractivity contribution in [1.29, 1.82) is 0 Å². The number of ether oxygens (including phenoxy) is 2. The van der Waals surface area contributed by atoms with Crippen LogP contribution in [0.4, 0.5) is 5.69 Å². The van der Waals surface area contributed by atoms with Gasteiger partial charge in [-0.15, -0.1) is 0 Å². The van der Waals surface area contributed by atoms with Crippen molar-refractivity contribution in [2.24, 2.45) is 13.0 Å². The number of aliphatic hydroxyl groups is 1. The number of rotatable bonds is 8. The van der Waals surface area contributed by atoms with E-state index in [4.69, 9.17) is 9.47 Å². The lowest BCUT2D eigenvalue weighted by Crippen LogP contribution is -2.48. The summed E-state index contributed by atoms with van der Waals surface area (Å²) in [5.74, 6) is -0.658. The molecule has 12 nitrogen and oxygen atoms in total. The number of carbonyl (C=O) groups excluding carboxylic acids is 2. The molecule has 2 N–H and O–H groups in total. The Labute approximate surface area is 271 Å². The number of benzene rings is 2. The number of likely N-dealkylation sites (N-methyl/N-ethyl adjacent to an activating group) is 1. The molecular formula is C33H45N5O7S. The number of nitrogens with zero attached hydrogens (tertiary/aromatic N) is 4. The maximum Gasteiger partial charge on any atom is 0.261 e. The van der Waals surface area contributed by atoms with Gasteiger partial charge in [0, 0.05) is 57.2 Å². The van der Waals surface area contributed by atoms with Crippen LogP contribution in [0.5, 0.6) is 5.75 Å². The monoisotopic (exact) mass is 655 g/mol. The maximum absolute atomic E-state index is 14.3. The SMILES string of the molecule is C[C@@H]1CCCCO[C@@H](CN(C)S(=O)(=O)c2cn(C)cn2)[C@H](C)CN([C@H](C)CO)C(=O)c2cc(NC(=O)c3ccccc3)ccc2O1. The number of carbonyl (C=O) groups is 2. The topological polar surface area (TPSA) is 143 Å². The lowest BCUT2D eigenvalue weighted by Gasteiger charge is -2.35. The first-order chi connectivity index (χ1) is 21.9. The van der Waals surface area contributed by atoms with Crippen molar-refractivity contribution < 1.29 is 32.6 Å². The van der Waals surface area contributed by atoms with E-state index in [0.717, 1.165) is 12.8 Å². The molecule has 0 bridgehead atoms. The normalized spacial score (nSPS) is 20.8. The molecule has 0 aliphatic carbocycles. The minimum Gasteiger partial charge on any atom is -0.490 e. The number of aliphatic hydroxyl groups excluding tert-OH is 1. The summed E-state index contributed by atoms with van der Waals surface area (Å²) in [4.78, 5) is 32.8. The van der Waals surface area contributed by atoms with Gasteiger partial charge in [-0.1, -0.05) is 25.1 Å². The van der Waals surface area contributed by atoms with Gasteiger partial charge in [0.2, 0.25) is 0 Å². The number of imidazole rings is 1. The molecule has 2 aromatic carbocycles. The van der Waals surface area contributed by atoms with E-state index < -0.39 is 28.1 Å². The van der Waals surface area contributed by atoms with Crippen LogP contribution < -0.4 is 10.1 Å². The van der Waals surface area contributed by atoms with Crippen LogP contribution in [0.2, 0.25) is 0 Å². The minimum atomic E-state index is -3.88. The second kappa shape index (κ2) is 15.7. The predicted molar refractivity (Wildman–Crippen MR) is 174 cm³/mol. The van der Waals surface area contributed by atoms with E-state index in [-0.39, 0.29) is 48.2 Å².